The van der Waals surface area contributed by atoms with Crippen LogP contribution < -0.4 is 10.2 Å². The summed E-state index contributed by atoms with van der Waals surface area (Å²) < 4.78 is 15.5. The second kappa shape index (κ2) is 7.24. The molecule has 2 N–H and O–H groups in total. The van der Waals surface area contributed by atoms with Gasteiger partial charge in [0.25, 0.3) is 0 Å². The van der Waals surface area contributed by atoms with E-state index in [-0.39, 0.29) is 16.1 Å². The first-order chi connectivity index (χ1) is 9.23. The third-order valence-electron chi connectivity index (χ3n) is 5.20. The summed E-state index contributed by atoms with van der Waals surface area (Å²) in [5.41, 5.74) is 1.22. The van der Waals surface area contributed by atoms with Crippen LogP contribution in [0.2, 0.25) is 27.2 Å². The molecule has 0 spiro atoms. The lowest BCUT2D eigenvalue weighted by atomic mass is 10.2. The maximum Gasteiger partial charge on any atom is 0.336 e. The van der Waals surface area contributed by atoms with Crippen LogP contribution >= 0.6 is 0 Å². The molecule has 21 heavy (non-hydrogen) atoms. The Morgan fingerprint density at radius 1 is 0.667 bits per heavy atom. The molecule has 0 aliphatic heterocycles. The summed E-state index contributed by atoms with van der Waals surface area (Å²) in [6.45, 7) is 24.1. The van der Waals surface area contributed by atoms with Crippen molar-refractivity contribution in [2.45, 2.75) is 103 Å². The second-order valence-electron chi connectivity index (χ2n) is 8.76. The summed E-state index contributed by atoms with van der Waals surface area (Å²) in [4.78, 5) is 0. The van der Waals surface area contributed by atoms with Gasteiger partial charge in [-0.2, -0.15) is 0 Å². The Kier molecular flexibility index (Phi) is 7.33. The zero-order valence-electron chi connectivity index (χ0n) is 16.2. The van der Waals surface area contributed by atoms with Crippen molar-refractivity contribution < 1.29 is 4.11 Å². The first-order valence-corrected chi connectivity index (χ1v) is 12.6. The predicted octanol–water partition coefficient (Wildman–Crippen LogP) is 5.88. The monoisotopic (exact) mass is 334 g/mol. The molecule has 0 bridgehead atoms. The molecule has 0 aliphatic rings. The minimum Gasteiger partial charge on any atom is -0.291 e. The van der Waals surface area contributed by atoms with E-state index in [0.29, 0.717) is 11.1 Å². The molecule has 0 aromatic rings. The highest BCUT2D eigenvalue weighted by Crippen LogP contribution is 2.48. The smallest absolute Gasteiger partial charge is 0.291 e. The average molecular weight is 335 g/mol. The molecule has 0 aromatic heterocycles. The van der Waals surface area contributed by atoms with Gasteiger partial charge in [-0.3, -0.25) is 14.3 Å². The van der Waals surface area contributed by atoms with Gasteiger partial charge in [-0.15, -0.1) is 0 Å². The summed E-state index contributed by atoms with van der Waals surface area (Å²) in [5.74, 6) is 0. The molecule has 0 heterocycles. The lowest BCUT2D eigenvalue weighted by Gasteiger charge is -2.51. The van der Waals surface area contributed by atoms with E-state index < -0.39 is 16.8 Å². The molecule has 5 heteroatoms. The average Bonchev–Trinajstić information content (AvgIpc) is 2.25. The highest BCUT2D eigenvalue weighted by Gasteiger charge is 2.52. The molecule has 0 unspecified atom stereocenters. The molecule has 0 rings (SSSR count). The molecule has 0 atom stereocenters. The number of rotatable bonds is 7. The van der Waals surface area contributed by atoms with E-state index >= 15 is 4.11 Å². The Labute approximate surface area is 135 Å². The third-order valence-corrected chi connectivity index (χ3v) is 16.0. The Bertz CT molecular complexity index is 307. The zero-order valence-corrected chi connectivity index (χ0v) is 18.2. The van der Waals surface area contributed by atoms with Crippen molar-refractivity contribution in [1.29, 1.82) is 0 Å². The van der Waals surface area contributed by atoms with E-state index in [4.69, 9.17) is 0 Å². The Morgan fingerprint density at radius 3 is 1.19 bits per heavy atom. The van der Waals surface area contributed by atoms with E-state index in [0.717, 1.165) is 0 Å². The minimum absolute atomic E-state index is 0.0657. The van der Waals surface area contributed by atoms with Crippen LogP contribution in [0, 0.1) is 0 Å². The van der Waals surface area contributed by atoms with Gasteiger partial charge in [-0.05, 0) is 27.2 Å². The van der Waals surface area contributed by atoms with Gasteiger partial charge < -0.3 is 0 Å². The fourth-order valence-electron chi connectivity index (χ4n) is 4.03. The first-order valence-electron chi connectivity index (χ1n) is 8.46. The summed E-state index contributed by atoms with van der Waals surface area (Å²) >= 11 is 0. The zero-order chi connectivity index (χ0) is 17.2. The lowest BCUT2D eigenvalue weighted by Crippen LogP contribution is -2.71. The highest BCUT2D eigenvalue weighted by atomic mass is 28.4. The normalized spacial score (nSPS) is 14.9. The van der Waals surface area contributed by atoms with Gasteiger partial charge >= 0.3 is 8.57 Å². The number of halogens is 1. The summed E-state index contributed by atoms with van der Waals surface area (Å²) in [6.07, 6.45) is 0. The molecule has 0 fully saturated rings. The van der Waals surface area contributed by atoms with E-state index in [9.17, 15) is 0 Å². The van der Waals surface area contributed by atoms with Crippen LogP contribution in [-0.4, -0.2) is 16.8 Å². The van der Waals surface area contributed by atoms with Gasteiger partial charge in [0.1, 0.15) is 0 Å². The fourth-order valence-corrected chi connectivity index (χ4v) is 13.3. The molecule has 0 radical (unpaired) electrons. The molecule has 0 aliphatic carbocycles. The topological polar surface area (TPSA) is 24.1 Å². The molecule has 2 nitrogen and oxygen atoms in total. The highest BCUT2D eigenvalue weighted by molar-refractivity contribution is 6.84. The summed E-state index contributed by atoms with van der Waals surface area (Å²) in [7, 11) is -4.93. The lowest BCUT2D eigenvalue weighted by molar-refractivity contribution is 0.560. The standard InChI is InChI=1S/C16H39FN2Si2/c1-12(2)20(13(3)4,16(9,10)11)18-19-21(17,14(5)6)15(7)8/h12-15,18-19H,1-11H3. The van der Waals surface area contributed by atoms with Crippen molar-refractivity contribution in [3.8, 4) is 0 Å². The minimum atomic E-state index is -3.01. The van der Waals surface area contributed by atoms with Crippen LogP contribution in [-0.2, 0) is 0 Å². The molecular weight excluding hydrogens is 295 g/mol. The van der Waals surface area contributed by atoms with E-state index in [1.807, 2.05) is 27.7 Å². The van der Waals surface area contributed by atoms with Crippen molar-refractivity contribution in [2.24, 2.45) is 0 Å². The van der Waals surface area contributed by atoms with Crippen LogP contribution in [0.1, 0.15) is 76.2 Å². The van der Waals surface area contributed by atoms with Crippen molar-refractivity contribution in [1.82, 2.24) is 10.2 Å². The molecule has 0 saturated carbocycles. The number of hydrogen-bond acceptors (Lipinski definition) is 2. The van der Waals surface area contributed by atoms with Crippen LogP contribution in [0.5, 0.6) is 0 Å². The predicted molar refractivity (Wildman–Crippen MR) is 99.0 cm³/mol. The molecule has 0 saturated heterocycles. The van der Waals surface area contributed by atoms with Gasteiger partial charge in [0.15, 0.2) is 8.24 Å². The van der Waals surface area contributed by atoms with E-state index in [1.54, 1.807) is 0 Å². The van der Waals surface area contributed by atoms with Crippen LogP contribution in [0.4, 0.5) is 4.11 Å². The van der Waals surface area contributed by atoms with Gasteiger partial charge in [0.2, 0.25) is 0 Å². The molecule has 0 aromatic carbocycles. The maximum absolute atomic E-state index is 15.5. The van der Waals surface area contributed by atoms with Gasteiger partial charge in [-0.25, -0.2) is 0 Å². The van der Waals surface area contributed by atoms with E-state index in [1.165, 1.54) is 0 Å². The van der Waals surface area contributed by atoms with Gasteiger partial charge in [0, 0.05) is 0 Å². The van der Waals surface area contributed by atoms with E-state index in [2.05, 4.69) is 58.6 Å². The molecule has 128 valence electrons. The maximum atomic E-state index is 15.5. The number of hydrogen-bond donors (Lipinski definition) is 2. The Hall–Kier alpha value is 0.284. The Balaban J connectivity index is 5.55. The Morgan fingerprint density at radius 2 is 1.00 bits per heavy atom. The van der Waals surface area contributed by atoms with Crippen molar-refractivity contribution in [3.63, 3.8) is 0 Å². The van der Waals surface area contributed by atoms with Crippen LogP contribution in [0.3, 0.4) is 0 Å². The summed E-state index contributed by atoms with van der Waals surface area (Å²) in [6, 6.07) is 0. The number of hydrazine groups is 1. The largest absolute Gasteiger partial charge is 0.336 e. The van der Waals surface area contributed by atoms with Crippen LogP contribution in [0.15, 0.2) is 0 Å². The number of nitrogens with one attached hydrogen (secondary N) is 2. The van der Waals surface area contributed by atoms with Gasteiger partial charge in [-0.1, -0.05) is 76.2 Å². The quantitative estimate of drug-likeness (QED) is 0.345. The van der Waals surface area contributed by atoms with Crippen molar-refractivity contribution >= 4 is 16.8 Å². The first kappa shape index (κ1) is 21.3. The van der Waals surface area contributed by atoms with Crippen molar-refractivity contribution in [3.05, 3.63) is 0 Å². The summed E-state index contributed by atoms with van der Waals surface area (Å²) in [5, 5.41) is 7.11. The second-order valence-corrected chi connectivity index (χ2v) is 18.6. The molecular formula is C16H39FN2Si2. The van der Waals surface area contributed by atoms with Gasteiger partial charge in [0.05, 0.1) is 0 Å². The third kappa shape index (κ3) is 4.18. The molecule has 0 amide bonds. The van der Waals surface area contributed by atoms with Crippen LogP contribution in [0.25, 0.3) is 0 Å². The SMILES string of the molecule is CC(C)[Si](F)(NN[Si](C(C)C)(C(C)C)C(C)(C)C)C(C)C. The fraction of sp³-hybridized carbons (Fsp3) is 1.00. The van der Waals surface area contributed by atoms with Crippen molar-refractivity contribution in [2.75, 3.05) is 0 Å².